The fraction of sp³-hybridized carbons (Fsp3) is 0.500. The highest BCUT2D eigenvalue weighted by molar-refractivity contribution is 5.95. The third kappa shape index (κ3) is 3.02. The number of aliphatic hydroxyl groups is 2. The van der Waals surface area contributed by atoms with E-state index in [2.05, 4.69) is 36.1 Å². The van der Waals surface area contributed by atoms with Gasteiger partial charge in [-0.25, -0.2) is 0 Å². The number of hydrogen-bond acceptors (Lipinski definition) is 5. The first-order valence-corrected chi connectivity index (χ1v) is 10.9. The summed E-state index contributed by atoms with van der Waals surface area (Å²) in [5, 5.41) is 23.2. The molecule has 0 radical (unpaired) electrons. The molecule has 0 aromatic heterocycles. The van der Waals surface area contributed by atoms with Gasteiger partial charge in [-0.1, -0.05) is 43.3 Å². The Hall–Kier alpha value is -2.64. The van der Waals surface area contributed by atoms with Crippen molar-refractivity contribution in [1.82, 2.24) is 9.80 Å². The topological polar surface area (TPSA) is 84.3 Å². The zero-order chi connectivity index (χ0) is 22.0. The molecule has 7 nitrogen and oxygen atoms in total. The molecule has 2 aromatic carbocycles. The molecular formula is C24H29N3O4. The molecule has 3 aliphatic rings. The predicted molar refractivity (Wildman–Crippen MR) is 118 cm³/mol. The second-order valence-electron chi connectivity index (χ2n) is 9.64. The van der Waals surface area contributed by atoms with Gasteiger partial charge < -0.3 is 24.9 Å². The summed E-state index contributed by atoms with van der Waals surface area (Å²) in [4.78, 5) is 30.8. The van der Waals surface area contributed by atoms with E-state index in [1.165, 1.54) is 10.8 Å². The van der Waals surface area contributed by atoms with E-state index in [9.17, 15) is 19.8 Å². The molecule has 2 unspecified atom stereocenters. The largest absolute Gasteiger partial charge is 0.380 e. The third-order valence-corrected chi connectivity index (χ3v) is 7.78. The number of amides is 2. The highest BCUT2D eigenvalue weighted by atomic mass is 16.3. The lowest BCUT2D eigenvalue weighted by atomic mass is 9.90. The van der Waals surface area contributed by atoms with Crippen LogP contribution in [0.2, 0.25) is 0 Å². The SMILES string of the molecule is CC12CN(C(=O)[C@H](O)[C@@H](O)C(=O)N3CCN(c4cccc5ccccc45)CC3)C1(C)C2. The number of carbonyl (C=O) groups excluding carboxylic acids is 2. The summed E-state index contributed by atoms with van der Waals surface area (Å²) in [7, 11) is 0. The molecule has 164 valence electrons. The van der Waals surface area contributed by atoms with Crippen molar-refractivity contribution in [3.8, 4) is 0 Å². The molecular weight excluding hydrogens is 394 g/mol. The number of nitrogens with zero attached hydrogens (tertiary/aromatic N) is 3. The van der Waals surface area contributed by atoms with Crippen molar-refractivity contribution in [2.75, 3.05) is 37.6 Å². The molecule has 0 bridgehead atoms. The van der Waals surface area contributed by atoms with Gasteiger partial charge in [0.1, 0.15) is 0 Å². The highest BCUT2D eigenvalue weighted by Gasteiger charge is 2.74. The van der Waals surface area contributed by atoms with Gasteiger partial charge in [0.05, 0.1) is 0 Å². The summed E-state index contributed by atoms with van der Waals surface area (Å²) in [6.45, 7) is 6.78. The van der Waals surface area contributed by atoms with Crippen molar-refractivity contribution >= 4 is 28.3 Å². The molecule has 1 saturated carbocycles. The van der Waals surface area contributed by atoms with Crippen LogP contribution in [0.3, 0.4) is 0 Å². The van der Waals surface area contributed by atoms with Gasteiger partial charge in [0.25, 0.3) is 11.8 Å². The van der Waals surface area contributed by atoms with E-state index in [-0.39, 0.29) is 11.0 Å². The van der Waals surface area contributed by atoms with Gasteiger partial charge >= 0.3 is 0 Å². The molecule has 3 fully saturated rings. The van der Waals surface area contributed by atoms with Crippen molar-refractivity contribution in [1.29, 1.82) is 0 Å². The molecule has 2 aliphatic heterocycles. The number of carbonyl (C=O) groups is 2. The molecule has 2 N–H and O–H groups in total. The van der Waals surface area contributed by atoms with E-state index in [4.69, 9.17) is 0 Å². The molecule has 1 aliphatic carbocycles. The van der Waals surface area contributed by atoms with E-state index in [0.29, 0.717) is 32.7 Å². The van der Waals surface area contributed by atoms with Crippen LogP contribution < -0.4 is 4.90 Å². The summed E-state index contributed by atoms with van der Waals surface area (Å²) in [6.07, 6.45) is -2.55. The minimum Gasteiger partial charge on any atom is -0.380 e. The number of hydrogen-bond donors (Lipinski definition) is 2. The molecule has 31 heavy (non-hydrogen) atoms. The van der Waals surface area contributed by atoms with Crippen molar-refractivity contribution in [2.24, 2.45) is 5.41 Å². The fourth-order valence-corrected chi connectivity index (χ4v) is 5.38. The van der Waals surface area contributed by atoms with Crippen LogP contribution in [0.4, 0.5) is 5.69 Å². The number of fused-ring (bicyclic) bond motifs is 2. The van der Waals surface area contributed by atoms with Crippen LogP contribution in [-0.2, 0) is 9.59 Å². The van der Waals surface area contributed by atoms with Gasteiger partial charge in [-0.05, 0) is 24.8 Å². The highest BCUT2D eigenvalue weighted by Crippen LogP contribution is 2.68. The van der Waals surface area contributed by atoms with E-state index < -0.39 is 24.0 Å². The lowest BCUT2D eigenvalue weighted by Crippen LogP contribution is -2.62. The zero-order valence-corrected chi connectivity index (χ0v) is 18.0. The van der Waals surface area contributed by atoms with Crippen LogP contribution in [0.15, 0.2) is 42.5 Å². The monoisotopic (exact) mass is 423 g/mol. The van der Waals surface area contributed by atoms with Crippen LogP contribution >= 0.6 is 0 Å². The van der Waals surface area contributed by atoms with Crippen LogP contribution in [0, 0.1) is 5.41 Å². The van der Waals surface area contributed by atoms with E-state index >= 15 is 0 Å². The standard InChI is InChI=1S/C24H29N3O4/c1-23-14-24(23,2)27(15-23)22(31)20(29)19(28)21(30)26-12-10-25(11-13-26)18-9-5-7-16-6-3-4-8-17(16)18/h3-9,19-20,28-29H,10-15H2,1-2H3/t19-,20-,23?,24?/m1/s1. The van der Waals surface area contributed by atoms with Gasteiger partial charge in [-0.2, -0.15) is 0 Å². The maximum Gasteiger partial charge on any atom is 0.255 e. The summed E-state index contributed by atoms with van der Waals surface area (Å²) < 4.78 is 0. The Morgan fingerprint density at radius 1 is 0.903 bits per heavy atom. The lowest BCUT2D eigenvalue weighted by molar-refractivity contribution is -0.165. The van der Waals surface area contributed by atoms with Crippen molar-refractivity contribution in [2.45, 2.75) is 38.0 Å². The molecule has 2 saturated heterocycles. The minimum atomic E-state index is -1.73. The van der Waals surface area contributed by atoms with Gasteiger partial charge in [0, 0.05) is 54.8 Å². The average molecular weight is 424 g/mol. The number of benzene rings is 2. The quantitative estimate of drug-likeness (QED) is 0.773. The summed E-state index contributed by atoms with van der Waals surface area (Å²) in [5.41, 5.74) is 1.01. The Bertz CT molecular complexity index is 1040. The first-order valence-electron chi connectivity index (χ1n) is 10.9. The Morgan fingerprint density at radius 2 is 1.55 bits per heavy atom. The number of likely N-dealkylation sites (tertiary alicyclic amines) is 1. The van der Waals surface area contributed by atoms with Crippen LogP contribution in [0.5, 0.6) is 0 Å². The minimum absolute atomic E-state index is 0.120. The number of aliphatic hydroxyl groups excluding tert-OH is 2. The fourth-order valence-electron chi connectivity index (χ4n) is 5.38. The van der Waals surface area contributed by atoms with Crippen molar-refractivity contribution in [3.05, 3.63) is 42.5 Å². The van der Waals surface area contributed by atoms with Gasteiger partial charge in [-0.15, -0.1) is 0 Å². The normalized spacial score (nSPS) is 29.2. The second kappa shape index (κ2) is 6.93. The summed E-state index contributed by atoms with van der Waals surface area (Å²) >= 11 is 0. The number of piperazine rings is 1. The van der Waals surface area contributed by atoms with E-state index in [1.54, 1.807) is 9.80 Å². The molecule has 0 spiro atoms. The Morgan fingerprint density at radius 3 is 2.19 bits per heavy atom. The maximum atomic E-state index is 12.8. The second-order valence-corrected chi connectivity index (χ2v) is 9.64. The average Bonchev–Trinajstić information content (AvgIpc) is 3.23. The molecule has 4 atom stereocenters. The van der Waals surface area contributed by atoms with Gasteiger partial charge in [-0.3, -0.25) is 9.59 Å². The predicted octanol–water partition coefficient (Wildman–Crippen LogP) is 1.22. The van der Waals surface area contributed by atoms with Crippen LogP contribution in [0.1, 0.15) is 20.3 Å². The van der Waals surface area contributed by atoms with Crippen molar-refractivity contribution in [3.63, 3.8) is 0 Å². The number of rotatable bonds is 4. The Kier molecular flexibility index (Phi) is 4.53. The molecule has 5 rings (SSSR count). The molecule has 7 heteroatoms. The maximum absolute atomic E-state index is 12.8. The Labute approximate surface area is 181 Å². The lowest BCUT2D eigenvalue weighted by Gasteiger charge is -2.45. The number of anilines is 1. The molecule has 2 aromatic rings. The first-order chi connectivity index (χ1) is 14.7. The van der Waals surface area contributed by atoms with E-state index in [1.807, 2.05) is 25.1 Å². The third-order valence-electron chi connectivity index (χ3n) is 7.78. The summed E-state index contributed by atoms with van der Waals surface area (Å²) in [5.74, 6) is -1.13. The van der Waals surface area contributed by atoms with Gasteiger partial charge in [0.2, 0.25) is 0 Å². The Balaban J connectivity index is 1.21. The first kappa shape index (κ1) is 20.3. The van der Waals surface area contributed by atoms with Crippen LogP contribution in [0.25, 0.3) is 10.8 Å². The summed E-state index contributed by atoms with van der Waals surface area (Å²) in [6, 6.07) is 14.4. The molecule has 2 heterocycles. The van der Waals surface area contributed by atoms with Gasteiger partial charge in [0.15, 0.2) is 12.2 Å². The smallest absolute Gasteiger partial charge is 0.255 e. The molecule has 2 amide bonds. The zero-order valence-electron chi connectivity index (χ0n) is 18.0. The van der Waals surface area contributed by atoms with E-state index in [0.717, 1.165) is 12.1 Å². The van der Waals surface area contributed by atoms with Crippen LogP contribution in [-0.4, -0.2) is 82.3 Å². The van der Waals surface area contributed by atoms with Crippen molar-refractivity contribution < 1.29 is 19.8 Å².